The van der Waals surface area contributed by atoms with Crippen molar-refractivity contribution in [2.75, 3.05) is 0 Å². The van der Waals surface area contributed by atoms with Crippen molar-refractivity contribution >= 4 is 8.32 Å². The molecule has 1 rings (SSSR count). The molecule has 0 aliphatic rings. The van der Waals surface area contributed by atoms with Gasteiger partial charge in [0.05, 0.1) is 0 Å². The lowest BCUT2D eigenvalue weighted by Crippen LogP contribution is -2.37. The van der Waals surface area contributed by atoms with Crippen LogP contribution in [0.3, 0.4) is 0 Å². The van der Waals surface area contributed by atoms with Crippen molar-refractivity contribution in [2.45, 2.75) is 46.0 Å². The highest BCUT2D eigenvalue weighted by atomic mass is 28.4. The summed E-state index contributed by atoms with van der Waals surface area (Å²) in [5.41, 5.74) is 1.92. The average molecular weight is 246 g/mol. The molecule has 0 heterocycles. The van der Waals surface area contributed by atoms with Gasteiger partial charge in [0.2, 0.25) is 0 Å². The first-order valence-corrected chi connectivity index (χ1v) is 9.39. The van der Waals surface area contributed by atoms with Crippen LogP contribution in [0.25, 0.3) is 0 Å². The quantitative estimate of drug-likeness (QED) is 0.566. The van der Waals surface area contributed by atoms with Gasteiger partial charge in [-0.2, -0.15) is 0 Å². The maximum absolute atomic E-state index is 6.04. The molecular weight excluding hydrogens is 224 g/mol. The Kier molecular flexibility index (Phi) is 4.19. The summed E-state index contributed by atoms with van der Waals surface area (Å²) < 4.78 is 6.04. The molecule has 0 saturated carbocycles. The molecule has 17 heavy (non-hydrogen) atoms. The van der Waals surface area contributed by atoms with E-state index < -0.39 is 8.32 Å². The zero-order valence-electron chi connectivity index (χ0n) is 11.7. The molecule has 1 aromatic rings. The van der Waals surface area contributed by atoms with Gasteiger partial charge < -0.3 is 4.43 Å². The van der Waals surface area contributed by atoms with Gasteiger partial charge in [0.15, 0.2) is 8.32 Å². The minimum absolute atomic E-state index is 0.367. The monoisotopic (exact) mass is 246 g/mol. The fourth-order valence-corrected chi connectivity index (χ4v) is 3.32. The molecule has 0 spiro atoms. The highest BCUT2D eigenvalue weighted by Crippen LogP contribution is 2.16. The highest BCUT2D eigenvalue weighted by Gasteiger charge is 2.25. The van der Waals surface area contributed by atoms with Crippen LogP contribution in [0, 0.1) is 18.8 Å². The van der Waals surface area contributed by atoms with Gasteiger partial charge in [0.1, 0.15) is 5.60 Å². The van der Waals surface area contributed by atoms with Crippen molar-refractivity contribution < 1.29 is 4.43 Å². The Labute approximate surface area is 106 Å². The van der Waals surface area contributed by atoms with Crippen molar-refractivity contribution in [1.29, 1.82) is 0 Å². The number of hydrogen-bond donors (Lipinski definition) is 0. The second-order valence-corrected chi connectivity index (χ2v) is 10.3. The van der Waals surface area contributed by atoms with Crippen LogP contribution in [0.15, 0.2) is 24.3 Å². The Morgan fingerprint density at radius 3 is 2.35 bits per heavy atom. The van der Waals surface area contributed by atoms with Crippen LogP contribution in [-0.2, 0) is 4.43 Å². The van der Waals surface area contributed by atoms with Crippen LogP contribution >= 0.6 is 0 Å². The van der Waals surface area contributed by atoms with Crippen LogP contribution in [-0.4, -0.2) is 13.9 Å². The molecule has 0 bridgehead atoms. The van der Waals surface area contributed by atoms with E-state index in [1.54, 1.807) is 0 Å². The van der Waals surface area contributed by atoms with E-state index in [1.807, 2.05) is 26.0 Å². The molecule has 0 fully saturated rings. The van der Waals surface area contributed by atoms with Crippen molar-refractivity contribution in [3.63, 3.8) is 0 Å². The fourth-order valence-electron chi connectivity index (χ4n) is 1.74. The predicted molar refractivity (Wildman–Crippen MR) is 76.6 cm³/mol. The van der Waals surface area contributed by atoms with Gasteiger partial charge in [-0.15, -0.1) is 0 Å². The smallest absolute Gasteiger partial charge is 0.185 e. The van der Waals surface area contributed by atoms with Gasteiger partial charge in [0, 0.05) is 5.56 Å². The second kappa shape index (κ2) is 5.08. The molecule has 0 radical (unpaired) electrons. The van der Waals surface area contributed by atoms with E-state index in [-0.39, 0.29) is 5.60 Å². The van der Waals surface area contributed by atoms with E-state index in [2.05, 4.69) is 50.5 Å². The molecule has 0 saturated heterocycles. The molecule has 0 unspecified atom stereocenters. The Morgan fingerprint density at radius 2 is 1.82 bits per heavy atom. The summed E-state index contributed by atoms with van der Waals surface area (Å²) in [6.45, 7) is 12.7. The van der Waals surface area contributed by atoms with Crippen LogP contribution in [0.4, 0.5) is 0 Å². The number of benzene rings is 1. The molecular formula is C15H22OSi. The summed E-state index contributed by atoms with van der Waals surface area (Å²) in [7, 11) is -1.54. The SMILES string of the molecule is Cc1cccc(C#CC(C)(C)O[Si](C)(C)C)c1. The topological polar surface area (TPSA) is 9.23 Å². The number of aryl methyl sites for hydroxylation is 1. The summed E-state index contributed by atoms with van der Waals surface area (Å²) in [5.74, 6) is 6.42. The Bertz CT molecular complexity index is 444. The van der Waals surface area contributed by atoms with E-state index in [9.17, 15) is 0 Å². The van der Waals surface area contributed by atoms with Crippen LogP contribution < -0.4 is 0 Å². The van der Waals surface area contributed by atoms with Crippen LogP contribution in [0.2, 0.25) is 19.6 Å². The summed E-state index contributed by atoms with van der Waals surface area (Å²) in [6, 6.07) is 8.24. The molecule has 0 atom stereocenters. The summed E-state index contributed by atoms with van der Waals surface area (Å²) in [6.07, 6.45) is 0. The third-order valence-electron chi connectivity index (χ3n) is 2.09. The lowest BCUT2D eigenvalue weighted by Gasteiger charge is -2.28. The molecule has 0 aliphatic carbocycles. The lowest BCUT2D eigenvalue weighted by atomic mass is 10.1. The minimum atomic E-state index is -1.54. The van der Waals surface area contributed by atoms with Crippen molar-refractivity contribution in [3.8, 4) is 11.8 Å². The second-order valence-electron chi connectivity index (χ2n) is 5.84. The highest BCUT2D eigenvalue weighted by molar-refractivity contribution is 6.69. The molecule has 0 aromatic heterocycles. The maximum Gasteiger partial charge on any atom is 0.185 e. The third kappa shape index (κ3) is 5.72. The van der Waals surface area contributed by atoms with Gasteiger partial charge in [0.25, 0.3) is 0 Å². The van der Waals surface area contributed by atoms with Gasteiger partial charge in [-0.3, -0.25) is 0 Å². The molecule has 0 aliphatic heterocycles. The summed E-state index contributed by atoms with van der Waals surface area (Å²) >= 11 is 0. The maximum atomic E-state index is 6.04. The fraction of sp³-hybridized carbons (Fsp3) is 0.467. The molecule has 1 aromatic carbocycles. The first kappa shape index (κ1) is 14.0. The zero-order chi connectivity index (χ0) is 13.1. The predicted octanol–water partition coefficient (Wildman–Crippen LogP) is 3.98. The third-order valence-corrected chi connectivity index (χ3v) is 3.21. The van der Waals surface area contributed by atoms with E-state index in [0.717, 1.165) is 5.56 Å². The van der Waals surface area contributed by atoms with Gasteiger partial charge >= 0.3 is 0 Å². The van der Waals surface area contributed by atoms with Gasteiger partial charge in [-0.05, 0) is 58.1 Å². The first-order valence-electron chi connectivity index (χ1n) is 5.98. The molecule has 92 valence electrons. The van der Waals surface area contributed by atoms with Crippen molar-refractivity contribution in [3.05, 3.63) is 35.4 Å². The number of hydrogen-bond acceptors (Lipinski definition) is 1. The van der Waals surface area contributed by atoms with Crippen molar-refractivity contribution in [2.24, 2.45) is 0 Å². The number of rotatable bonds is 2. The van der Waals surface area contributed by atoms with E-state index in [1.165, 1.54) is 5.56 Å². The summed E-state index contributed by atoms with van der Waals surface area (Å²) in [4.78, 5) is 0. The van der Waals surface area contributed by atoms with Crippen LogP contribution in [0.1, 0.15) is 25.0 Å². The Morgan fingerprint density at radius 1 is 1.18 bits per heavy atom. The van der Waals surface area contributed by atoms with E-state index >= 15 is 0 Å². The van der Waals surface area contributed by atoms with Gasteiger partial charge in [-0.1, -0.05) is 24.0 Å². The molecule has 2 heteroatoms. The van der Waals surface area contributed by atoms with Crippen molar-refractivity contribution in [1.82, 2.24) is 0 Å². The van der Waals surface area contributed by atoms with Crippen LogP contribution in [0.5, 0.6) is 0 Å². The molecule has 0 amide bonds. The van der Waals surface area contributed by atoms with E-state index in [4.69, 9.17) is 4.43 Å². The standard InChI is InChI=1S/C15H22OSi/c1-13-8-7-9-14(12-13)10-11-15(2,3)16-17(4,5)6/h7-9,12H,1-6H3. The zero-order valence-corrected chi connectivity index (χ0v) is 12.7. The molecule has 0 N–H and O–H groups in total. The van der Waals surface area contributed by atoms with Gasteiger partial charge in [-0.25, -0.2) is 0 Å². The largest absolute Gasteiger partial charge is 0.402 e. The first-order chi connectivity index (χ1) is 7.68. The Balaban J connectivity index is 2.84. The Hall–Kier alpha value is -1.04. The lowest BCUT2D eigenvalue weighted by molar-refractivity contribution is 0.164. The minimum Gasteiger partial charge on any atom is -0.402 e. The normalized spacial score (nSPS) is 11.9. The summed E-state index contributed by atoms with van der Waals surface area (Å²) in [5, 5.41) is 0. The van der Waals surface area contributed by atoms with E-state index in [0.29, 0.717) is 0 Å². The molecule has 1 nitrogen and oxygen atoms in total. The average Bonchev–Trinajstić information content (AvgIpc) is 2.11.